The Morgan fingerprint density at radius 1 is 0.591 bits per heavy atom. The van der Waals surface area contributed by atoms with E-state index >= 15 is 0 Å². The van der Waals surface area contributed by atoms with Crippen LogP contribution in [0.5, 0.6) is 0 Å². The lowest BCUT2D eigenvalue weighted by Gasteiger charge is -2.18. The average molecular weight is 631 g/mol. The van der Waals surface area contributed by atoms with Crippen LogP contribution < -0.4 is 0 Å². The molecule has 0 aromatic rings. The Morgan fingerprint density at radius 3 is 1.55 bits per heavy atom. The van der Waals surface area contributed by atoms with Gasteiger partial charge in [-0.05, 0) is 44.9 Å². The Bertz CT molecular complexity index is 1070. The van der Waals surface area contributed by atoms with E-state index in [1.807, 2.05) is 91.1 Å². The molecule has 9 heteroatoms. The number of esters is 2. The van der Waals surface area contributed by atoms with Crippen molar-refractivity contribution in [2.45, 2.75) is 84.2 Å². The summed E-state index contributed by atoms with van der Waals surface area (Å²) in [7, 11) is -4.78. The highest BCUT2D eigenvalue weighted by atomic mass is 31.2. The fourth-order valence-corrected chi connectivity index (χ4v) is 3.65. The zero-order valence-corrected chi connectivity index (χ0v) is 27.1. The molecular weight excluding hydrogens is 579 g/mol. The lowest BCUT2D eigenvalue weighted by molar-refractivity contribution is -0.161. The van der Waals surface area contributed by atoms with E-state index in [9.17, 15) is 14.2 Å². The molecule has 2 N–H and O–H groups in total. The summed E-state index contributed by atoms with van der Waals surface area (Å²) >= 11 is 0. The van der Waals surface area contributed by atoms with Gasteiger partial charge in [0, 0.05) is 12.8 Å². The molecule has 0 saturated carbocycles. The summed E-state index contributed by atoms with van der Waals surface area (Å²) in [5, 5.41) is 0. The van der Waals surface area contributed by atoms with Crippen LogP contribution in [0.3, 0.4) is 0 Å². The Kier molecular flexibility index (Phi) is 27.5. The molecule has 0 saturated heterocycles. The quantitative estimate of drug-likeness (QED) is 0.0446. The number of hydrogen-bond donors (Lipinski definition) is 2. The zero-order chi connectivity index (χ0) is 32.6. The number of ether oxygens (including phenoxy) is 2. The number of phosphoric ester groups is 1. The van der Waals surface area contributed by atoms with E-state index in [0.717, 1.165) is 32.1 Å². The van der Waals surface area contributed by atoms with Gasteiger partial charge in [-0.3, -0.25) is 14.1 Å². The van der Waals surface area contributed by atoms with Crippen LogP contribution in [-0.2, 0) is 28.2 Å². The first-order valence-corrected chi connectivity index (χ1v) is 16.8. The number of carbonyl (C=O) groups excluding carboxylic acids is 2. The second-order valence-corrected chi connectivity index (χ2v) is 10.8. The van der Waals surface area contributed by atoms with E-state index in [1.165, 1.54) is 0 Å². The van der Waals surface area contributed by atoms with E-state index in [-0.39, 0.29) is 19.4 Å². The fraction of sp³-hybridized carbons (Fsp3) is 0.429. The highest BCUT2D eigenvalue weighted by Gasteiger charge is 2.22. The third-order valence-electron chi connectivity index (χ3n) is 5.51. The molecule has 0 aliphatic heterocycles. The standard InChI is InChI=1S/C35H51O8P/c1-3-5-7-9-11-13-15-17-19-21-23-25-27-29-34(36)41-31-33(32-42-44(38,39)40)43-35(37)30-28-26-24-22-20-18-16-14-12-10-8-6-4-2/h5-20,22,24,33H,3-4,21,23,25-32H2,1-2H3,(H2,38,39,40)/b7-5+,8-6+,11-9+,12-10+,15-13+,16-14+,19-17+,20-18+,24-22+. The van der Waals surface area contributed by atoms with Gasteiger partial charge in [-0.15, -0.1) is 0 Å². The lowest BCUT2D eigenvalue weighted by Crippen LogP contribution is -2.29. The molecule has 0 rings (SSSR count). The van der Waals surface area contributed by atoms with Crippen molar-refractivity contribution in [2.24, 2.45) is 0 Å². The number of hydrogen-bond acceptors (Lipinski definition) is 6. The van der Waals surface area contributed by atoms with E-state index < -0.39 is 32.5 Å². The van der Waals surface area contributed by atoms with Gasteiger partial charge in [0.05, 0.1) is 6.61 Å². The van der Waals surface area contributed by atoms with Gasteiger partial charge in [-0.1, -0.05) is 130 Å². The number of unbranched alkanes of at least 4 members (excludes halogenated alkanes) is 4. The number of carbonyl (C=O) groups is 2. The van der Waals surface area contributed by atoms with Crippen LogP contribution in [0.4, 0.5) is 0 Å². The van der Waals surface area contributed by atoms with Crippen LogP contribution >= 0.6 is 7.82 Å². The van der Waals surface area contributed by atoms with Gasteiger partial charge in [0.25, 0.3) is 0 Å². The first-order chi connectivity index (χ1) is 21.3. The first kappa shape index (κ1) is 40.7. The van der Waals surface area contributed by atoms with Gasteiger partial charge in [0.15, 0.2) is 6.10 Å². The molecule has 44 heavy (non-hydrogen) atoms. The van der Waals surface area contributed by atoms with Crippen molar-refractivity contribution in [3.8, 4) is 0 Å². The Hall–Kier alpha value is -3.29. The predicted molar refractivity (Wildman–Crippen MR) is 179 cm³/mol. The molecule has 0 aliphatic rings. The normalized spacial score (nSPS) is 14.0. The van der Waals surface area contributed by atoms with Crippen molar-refractivity contribution in [3.05, 3.63) is 109 Å². The molecule has 0 aliphatic carbocycles. The third-order valence-corrected chi connectivity index (χ3v) is 5.99. The molecule has 0 amide bonds. The summed E-state index contributed by atoms with van der Waals surface area (Å²) in [6.07, 6.45) is 41.1. The van der Waals surface area contributed by atoms with Crippen LogP contribution in [0.2, 0.25) is 0 Å². The van der Waals surface area contributed by atoms with E-state index in [4.69, 9.17) is 19.3 Å². The maximum Gasteiger partial charge on any atom is 0.469 e. The van der Waals surface area contributed by atoms with Gasteiger partial charge in [0.2, 0.25) is 0 Å². The number of phosphoric acid groups is 1. The second kappa shape index (κ2) is 29.8. The molecule has 0 aromatic carbocycles. The van der Waals surface area contributed by atoms with Crippen LogP contribution in [-0.4, -0.2) is 41.0 Å². The molecule has 0 fully saturated rings. The molecule has 0 spiro atoms. The minimum absolute atomic E-state index is 0.0988. The molecule has 0 radical (unpaired) electrons. The Morgan fingerprint density at radius 2 is 1.05 bits per heavy atom. The predicted octanol–water partition coefficient (Wildman–Crippen LogP) is 8.50. The largest absolute Gasteiger partial charge is 0.469 e. The molecule has 0 heterocycles. The van der Waals surface area contributed by atoms with Crippen molar-refractivity contribution < 1.29 is 37.9 Å². The van der Waals surface area contributed by atoms with Crippen molar-refractivity contribution in [2.75, 3.05) is 13.2 Å². The molecular formula is C35H51O8P. The smallest absolute Gasteiger partial charge is 0.462 e. The topological polar surface area (TPSA) is 119 Å². The fourth-order valence-electron chi connectivity index (χ4n) is 3.29. The van der Waals surface area contributed by atoms with E-state index in [2.05, 4.69) is 36.6 Å². The summed E-state index contributed by atoms with van der Waals surface area (Å²) in [5.74, 6) is -1.04. The number of rotatable bonds is 25. The molecule has 0 bridgehead atoms. The third kappa shape index (κ3) is 31.6. The van der Waals surface area contributed by atoms with Crippen molar-refractivity contribution in [1.82, 2.24) is 0 Å². The minimum atomic E-state index is -4.78. The van der Waals surface area contributed by atoms with Gasteiger partial charge < -0.3 is 19.3 Å². The molecule has 0 aromatic heterocycles. The van der Waals surface area contributed by atoms with Crippen molar-refractivity contribution >= 4 is 19.8 Å². The van der Waals surface area contributed by atoms with Crippen LogP contribution in [0.1, 0.15) is 78.1 Å². The summed E-state index contributed by atoms with van der Waals surface area (Å²) in [5.41, 5.74) is 0. The van der Waals surface area contributed by atoms with Gasteiger partial charge in [-0.25, -0.2) is 4.57 Å². The summed E-state index contributed by atoms with van der Waals surface area (Å²) in [4.78, 5) is 42.4. The maximum absolute atomic E-state index is 12.2. The van der Waals surface area contributed by atoms with Crippen molar-refractivity contribution in [3.63, 3.8) is 0 Å². The summed E-state index contributed by atoms with van der Waals surface area (Å²) in [6, 6.07) is 0. The Balaban J connectivity index is 4.32. The molecule has 8 nitrogen and oxygen atoms in total. The second-order valence-electron chi connectivity index (χ2n) is 9.53. The van der Waals surface area contributed by atoms with Crippen molar-refractivity contribution in [1.29, 1.82) is 0 Å². The number of allylic oxidation sites excluding steroid dienone is 18. The molecule has 1 unspecified atom stereocenters. The van der Waals surface area contributed by atoms with E-state index in [1.54, 1.807) is 0 Å². The Labute approximate surface area is 264 Å². The van der Waals surface area contributed by atoms with Gasteiger partial charge in [0.1, 0.15) is 6.61 Å². The van der Waals surface area contributed by atoms with E-state index in [0.29, 0.717) is 19.3 Å². The van der Waals surface area contributed by atoms with Crippen LogP contribution in [0.15, 0.2) is 109 Å². The molecule has 244 valence electrons. The highest BCUT2D eigenvalue weighted by molar-refractivity contribution is 7.46. The maximum atomic E-state index is 12.2. The summed E-state index contributed by atoms with van der Waals surface area (Å²) in [6.45, 7) is 3.24. The van der Waals surface area contributed by atoms with Crippen LogP contribution in [0, 0.1) is 0 Å². The van der Waals surface area contributed by atoms with Gasteiger partial charge in [-0.2, -0.15) is 0 Å². The molecule has 1 atom stereocenters. The lowest BCUT2D eigenvalue weighted by atomic mass is 10.1. The monoisotopic (exact) mass is 630 g/mol. The summed E-state index contributed by atoms with van der Waals surface area (Å²) < 4.78 is 26.0. The average Bonchev–Trinajstić information content (AvgIpc) is 2.98. The minimum Gasteiger partial charge on any atom is -0.462 e. The van der Waals surface area contributed by atoms with Gasteiger partial charge >= 0.3 is 19.8 Å². The first-order valence-electron chi connectivity index (χ1n) is 15.3. The zero-order valence-electron chi connectivity index (χ0n) is 26.2. The highest BCUT2D eigenvalue weighted by Crippen LogP contribution is 2.35. The SMILES string of the molecule is CC/C=C/C=C/C=C/C=C/C=C/CCCC(=O)OC(COC(=O)CCCCC/C=C/C=C/C=C/C=C/CC)COP(=O)(O)O. The van der Waals surface area contributed by atoms with Crippen LogP contribution in [0.25, 0.3) is 0 Å².